The van der Waals surface area contributed by atoms with Crippen molar-refractivity contribution in [1.82, 2.24) is 0 Å². The molecule has 0 aromatic rings. The van der Waals surface area contributed by atoms with E-state index in [0.29, 0.717) is 12.8 Å². The molecular formula is C12H22O3. The van der Waals surface area contributed by atoms with Crippen molar-refractivity contribution in [1.29, 1.82) is 0 Å². The highest BCUT2D eigenvalue weighted by Gasteiger charge is 2.34. The fourth-order valence-corrected chi connectivity index (χ4v) is 2.13. The Balaban J connectivity index is 2.34. The van der Waals surface area contributed by atoms with E-state index in [0.717, 1.165) is 12.8 Å². The Kier molecular flexibility index (Phi) is 3.44. The van der Waals surface area contributed by atoms with E-state index >= 15 is 0 Å². The quantitative estimate of drug-likeness (QED) is 0.717. The summed E-state index contributed by atoms with van der Waals surface area (Å²) < 4.78 is 5.25. The molecule has 0 saturated heterocycles. The predicted molar refractivity (Wildman–Crippen MR) is 58.4 cm³/mol. The normalized spacial score (nSPS) is 31.7. The van der Waals surface area contributed by atoms with Gasteiger partial charge in [-0.1, -0.05) is 0 Å². The van der Waals surface area contributed by atoms with Crippen LogP contribution in [0.3, 0.4) is 0 Å². The molecule has 2 atom stereocenters. The molecule has 0 spiro atoms. The van der Waals surface area contributed by atoms with Crippen molar-refractivity contribution in [3.63, 3.8) is 0 Å². The maximum Gasteiger partial charge on any atom is 0.306 e. The van der Waals surface area contributed by atoms with Gasteiger partial charge in [0, 0.05) is 6.42 Å². The molecule has 3 heteroatoms. The number of esters is 1. The van der Waals surface area contributed by atoms with Crippen LogP contribution in [0.15, 0.2) is 0 Å². The van der Waals surface area contributed by atoms with E-state index in [4.69, 9.17) is 4.74 Å². The first kappa shape index (κ1) is 12.5. The zero-order valence-electron chi connectivity index (χ0n) is 10.2. The molecule has 1 aliphatic rings. The molecule has 1 saturated carbocycles. The Morgan fingerprint density at radius 3 is 2.53 bits per heavy atom. The van der Waals surface area contributed by atoms with Crippen LogP contribution in [0.5, 0.6) is 0 Å². The van der Waals surface area contributed by atoms with Gasteiger partial charge < -0.3 is 9.84 Å². The third-order valence-electron chi connectivity index (χ3n) is 2.69. The Morgan fingerprint density at radius 2 is 2.13 bits per heavy atom. The van der Waals surface area contributed by atoms with E-state index in [1.165, 1.54) is 0 Å². The van der Waals surface area contributed by atoms with Gasteiger partial charge >= 0.3 is 5.97 Å². The van der Waals surface area contributed by atoms with Gasteiger partial charge in [-0.05, 0) is 52.9 Å². The van der Waals surface area contributed by atoms with E-state index < -0.39 is 11.2 Å². The average molecular weight is 214 g/mol. The van der Waals surface area contributed by atoms with Crippen molar-refractivity contribution in [3.8, 4) is 0 Å². The van der Waals surface area contributed by atoms with Crippen molar-refractivity contribution < 1.29 is 14.6 Å². The lowest BCUT2D eigenvalue weighted by molar-refractivity contribution is -0.156. The Morgan fingerprint density at radius 1 is 1.53 bits per heavy atom. The van der Waals surface area contributed by atoms with Crippen LogP contribution in [0.4, 0.5) is 0 Å². The highest BCUT2D eigenvalue weighted by molar-refractivity contribution is 5.70. The predicted octanol–water partition coefficient (Wildman–Crippen LogP) is 2.27. The van der Waals surface area contributed by atoms with Gasteiger partial charge in [-0.2, -0.15) is 0 Å². The van der Waals surface area contributed by atoms with Crippen molar-refractivity contribution in [3.05, 3.63) is 0 Å². The van der Waals surface area contributed by atoms with Crippen LogP contribution in [-0.2, 0) is 9.53 Å². The van der Waals surface area contributed by atoms with Crippen LogP contribution in [0.1, 0.15) is 53.4 Å². The minimum absolute atomic E-state index is 0.148. The number of rotatable bonds is 2. The van der Waals surface area contributed by atoms with Crippen LogP contribution in [0.2, 0.25) is 0 Å². The lowest BCUT2D eigenvalue weighted by Gasteiger charge is -2.21. The summed E-state index contributed by atoms with van der Waals surface area (Å²) in [4.78, 5) is 11.5. The molecule has 0 radical (unpaired) electrons. The third-order valence-corrected chi connectivity index (χ3v) is 2.69. The molecular weight excluding hydrogens is 192 g/mol. The van der Waals surface area contributed by atoms with Crippen LogP contribution >= 0.6 is 0 Å². The second kappa shape index (κ2) is 4.12. The van der Waals surface area contributed by atoms with E-state index in [9.17, 15) is 9.90 Å². The summed E-state index contributed by atoms with van der Waals surface area (Å²) in [5.41, 5.74) is -0.981. The molecule has 1 fully saturated rings. The first-order valence-corrected chi connectivity index (χ1v) is 5.62. The van der Waals surface area contributed by atoms with E-state index in [1.54, 1.807) is 0 Å². The van der Waals surface area contributed by atoms with Gasteiger partial charge in [0.05, 0.1) is 5.60 Å². The highest BCUT2D eigenvalue weighted by atomic mass is 16.6. The number of carbonyl (C=O) groups excluding carboxylic acids is 1. The summed E-state index contributed by atoms with van der Waals surface area (Å²) in [6.07, 6.45) is 2.87. The summed E-state index contributed by atoms with van der Waals surface area (Å²) in [5.74, 6) is 0.139. The van der Waals surface area contributed by atoms with Gasteiger partial charge in [-0.3, -0.25) is 4.79 Å². The van der Waals surface area contributed by atoms with E-state index in [1.807, 2.05) is 27.7 Å². The van der Waals surface area contributed by atoms with Crippen molar-refractivity contribution >= 4 is 5.97 Å². The minimum atomic E-state index is -0.577. The van der Waals surface area contributed by atoms with Crippen LogP contribution in [-0.4, -0.2) is 22.3 Å². The van der Waals surface area contributed by atoms with Gasteiger partial charge in [0.1, 0.15) is 5.60 Å². The molecule has 1 N–H and O–H groups in total. The van der Waals surface area contributed by atoms with Gasteiger partial charge in [0.25, 0.3) is 0 Å². The second-order valence-corrected chi connectivity index (χ2v) is 5.90. The number of aliphatic hydroxyl groups is 1. The van der Waals surface area contributed by atoms with E-state index in [2.05, 4.69) is 0 Å². The standard InChI is InChI=1S/C12H22O3/c1-11(2,3)15-10(13)7-9-5-6-12(4,14)8-9/h9,14H,5-8H2,1-4H3/t9-,12-/m0/s1. The zero-order valence-corrected chi connectivity index (χ0v) is 10.2. The SMILES string of the molecule is CC(C)(C)OC(=O)C[C@@H]1CC[C@](C)(O)C1. The van der Waals surface area contributed by atoms with Crippen molar-refractivity contribution in [2.45, 2.75) is 64.6 Å². The van der Waals surface area contributed by atoms with Crippen molar-refractivity contribution in [2.75, 3.05) is 0 Å². The fourth-order valence-electron chi connectivity index (χ4n) is 2.13. The van der Waals surface area contributed by atoms with Crippen LogP contribution < -0.4 is 0 Å². The first-order valence-electron chi connectivity index (χ1n) is 5.62. The monoisotopic (exact) mass is 214 g/mol. The lowest BCUT2D eigenvalue weighted by Crippen LogP contribution is -2.25. The topological polar surface area (TPSA) is 46.5 Å². The number of carbonyl (C=O) groups is 1. The molecule has 0 heterocycles. The fraction of sp³-hybridized carbons (Fsp3) is 0.917. The summed E-state index contributed by atoms with van der Waals surface area (Å²) in [6.45, 7) is 7.45. The number of ether oxygens (including phenoxy) is 1. The maximum atomic E-state index is 11.5. The second-order valence-electron chi connectivity index (χ2n) is 5.90. The number of hydrogen-bond acceptors (Lipinski definition) is 3. The number of hydrogen-bond donors (Lipinski definition) is 1. The maximum absolute atomic E-state index is 11.5. The van der Waals surface area contributed by atoms with Crippen LogP contribution in [0.25, 0.3) is 0 Å². The van der Waals surface area contributed by atoms with Gasteiger partial charge in [-0.25, -0.2) is 0 Å². The molecule has 1 aliphatic carbocycles. The van der Waals surface area contributed by atoms with Gasteiger partial charge in [0.2, 0.25) is 0 Å². The molecule has 15 heavy (non-hydrogen) atoms. The average Bonchev–Trinajstić information content (AvgIpc) is 2.25. The molecule has 0 aromatic heterocycles. The minimum Gasteiger partial charge on any atom is -0.460 e. The Bertz CT molecular complexity index is 238. The molecule has 1 rings (SSSR count). The smallest absolute Gasteiger partial charge is 0.306 e. The zero-order chi connectivity index (χ0) is 11.7. The molecule has 0 amide bonds. The van der Waals surface area contributed by atoms with Crippen LogP contribution in [0, 0.1) is 5.92 Å². The summed E-state index contributed by atoms with van der Waals surface area (Å²) >= 11 is 0. The molecule has 88 valence electrons. The summed E-state index contributed by atoms with van der Waals surface area (Å²) in [6, 6.07) is 0. The summed E-state index contributed by atoms with van der Waals surface area (Å²) in [5, 5.41) is 9.76. The molecule has 0 bridgehead atoms. The molecule has 0 unspecified atom stereocenters. The molecule has 0 aliphatic heterocycles. The highest BCUT2D eigenvalue weighted by Crippen LogP contribution is 2.36. The lowest BCUT2D eigenvalue weighted by atomic mass is 10.0. The Hall–Kier alpha value is -0.570. The third kappa shape index (κ3) is 4.65. The first-order chi connectivity index (χ1) is 6.68. The Labute approximate surface area is 91.8 Å². The molecule has 0 aromatic carbocycles. The molecule has 3 nitrogen and oxygen atoms in total. The summed E-state index contributed by atoms with van der Waals surface area (Å²) in [7, 11) is 0. The van der Waals surface area contributed by atoms with E-state index in [-0.39, 0.29) is 11.9 Å². The van der Waals surface area contributed by atoms with Gasteiger partial charge in [-0.15, -0.1) is 0 Å². The van der Waals surface area contributed by atoms with Crippen molar-refractivity contribution in [2.24, 2.45) is 5.92 Å². The largest absolute Gasteiger partial charge is 0.460 e. The van der Waals surface area contributed by atoms with Gasteiger partial charge in [0.15, 0.2) is 0 Å².